The van der Waals surface area contributed by atoms with Gasteiger partial charge in [-0.2, -0.15) is 0 Å². The zero-order chi connectivity index (χ0) is 31.4. The van der Waals surface area contributed by atoms with Crippen molar-refractivity contribution in [1.29, 1.82) is 0 Å². The molecule has 6 heteroatoms. The van der Waals surface area contributed by atoms with Gasteiger partial charge in [0.25, 0.3) is 0 Å². The van der Waals surface area contributed by atoms with Gasteiger partial charge in [0.15, 0.2) is 0 Å². The van der Waals surface area contributed by atoms with Gasteiger partial charge in [-0.15, -0.1) is 0 Å². The van der Waals surface area contributed by atoms with E-state index in [1.54, 1.807) is 16.7 Å². The SMILES string of the molecule is CCCN(CCC)C1CCc2ccc(N(C)C(C)=O)cc2C1.CCCN(CCC)C1CCc2ccc(N(C)C=O)cc2C1. The molecule has 0 heterocycles. The highest BCUT2D eigenvalue weighted by atomic mass is 16.2. The quantitative estimate of drug-likeness (QED) is 0.238. The van der Waals surface area contributed by atoms with Gasteiger partial charge in [-0.25, -0.2) is 0 Å². The summed E-state index contributed by atoms with van der Waals surface area (Å²) in [5.41, 5.74) is 7.80. The van der Waals surface area contributed by atoms with Crippen LogP contribution in [-0.4, -0.2) is 74.5 Å². The third kappa shape index (κ3) is 9.64. The number of hydrogen-bond acceptors (Lipinski definition) is 4. The van der Waals surface area contributed by atoms with Crippen molar-refractivity contribution in [2.45, 2.75) is 111 Å². The molecule has 0 spiro atoms. The largest absolute Gasteiger partial charge is 0.318 e. The lowest BCUT2D eigenvalue weighted by Crippen LogP contribution is -2.40. The maximum absolute atomic E-state index is 11.6. The highest BCUT2D eigenvalue weighted by molar-refractivity contribution is 5.91. The zero-order valence-electron chi connectivity index (χ0n) is 28.2. The summed E-state index contributed by atoms with van der Waals surface area (Å²) in [6.45, 7) is 15.4. The van der Waals surface area contributed by atoms with Crippen molar-refractivity contribution in [3.05, 3.63) is 58.7 Å². The molecule has 2 aromatic carbocycles. The molecule has 0 aromatic heterocycles. The summed E-state index contributed by atoms with van der Waals surface area (Å²) in [5.74, 6) is 0.0888. The van der Waals surface area contributed by atoms with Gasteiger partial charge < -0.3 is 19.6 Å². The van der Waals surface area contributed by atoms with Crippen molar-refractivity contribution in [3.8, 4) is 0 Å². The average molecular weight is 591 g/mol. The number of benzene rings is 2. The summed E-state index contributed by atoms with van der Waals surface area (Å²) in [6.07, 6.45) is 12.8. The minimum Gasteiger partial charge on any atom is -0.318 e. The van der Waals surface area contributed by atoms with Gasteiger partial charge in [-0.05, 0) is 137 Å². The van der Waals surface area contributed by atoms with Gasteiger partial charge in [0.1, 0.15) is 0 Å². The summed E-state index contributed by atoms with van der Waals surface area (Å²) in [6, 6.07) is 14.3. The van der Waals surface area contributed by atoms with Crippen LogP contribution < -0.4 is 9.80 Å². The van der Waals surface area contributed by atoms with Crippen LogP contribution in [0.5, 0.6) is 0 Å². The number of rotatable bonds is 13. The molecule has 4 rings (SSSR count). The minimum atomic E-state index is 0.0888. The molecule has 0 saturated carbocycles. The minimum absolute atomic E-state index is 0.0888. The third-order valence-electron chi connectivity index (χ3n) is 9.29. The Morgan fingerprint density at radius 2 is 1.12 bits per heavy atom. The molecule has 2 unspecified atom stereocenters. The summed E-state index contributed by atoms with van der Waals surface area (Å²) in [7, 11) is 3.67. The van der Waals surface area contributed by atoms with E-state index in [0.29, 0.717) is 12.1 Å². The second-order valence-electron chi connectivity index (χ2n) is 12.6. The number of nitrogens with zero attached hydrogens (tertiary/aromatic N) is 4. The first-order valence-corrected chi connectivity index (χ1v) is 16.9. The molecule has 238 valence electrons. The topological polar surface area (TPSA) is 47.1 Å². The Morgan fingerprint density at radius 3 is 1.51 bits per heavy atom. The molecule has 0 fully saturated rings. The number of fused-ring (bicyclic) bond motifs is 2. The molecule has 2 amide bonds. The lowest BCUT2D eigenvalue weighted by atomic mass is 9.87. The van der Waals surface area contributed by atoms with E-state index in [2.05, 4.69) is 73.9 Å². The Morgan fingerprint density at radius 1 is 0.698 bits per heavy atom. The molecule has 6 nitrogen and oxygen atoms in total. The Kier molecular flexibility index (Phi) is 14.2. The van der Waals surface area contributed by atoms with Gasteiger partial charge >= 0.3 is 0 Å². The first-order valence-electron chi connectivity index (χ1n) is 16.9. The van der Waals surface area contributed by atoms with Crippen molar-refractivity contribution >= 4 is 23.7 Å². The number of amides is 2. The zero-order valence-corrected chi connectivity index (χ0v) is 28.2. The first-order chi connectivity index (χ1) is 20.8. The standard InChI is InChI=1S/C19H30N2O.C18H28N2O/c1-5-11-21(12-6-2)19-10-8-16-7-9-18(13-17(16)14-19)20(4)15(3)22;1-4-10-20(11-5-2)18-9-7-15-6-8-17(19(3)14-21)12-16(15)13-18/h7,9,13,19H,5-6,8,10-12,14H2,1-4H3;6,8,12,14,18H,4-5,7,9-11,13H2,1-3H3. The van der Waals surface area contributed by atoms with Crippen molar-refractivity contribution < 1.29 is 9.59 Å². The van der Waals surface area contributed by atoms with Gasteiger partial charge in [-0.3, -0.25) is 9.59 Å². The lowest BCUT2D eigenvalue weighted by Gasteiger charge is -2.35. The van der Waals surface area contributed by atoms with E-state index in [9.17, 15) is 9.59 Å². The van der Waals surface area contributed by atoms with E-state index in [0.717, 1.165) is 43.5 Å². The summed E-state index contributed by atoms with van der Waals surface area (Å²) in [5, 5.41) is 0. The lowest BCUT2D eigenvalue weighted by molar-refractivity contribution is -0.116. The molecule has 0 saturated heterocycles. The maximum atomic E-state index is 11.6. The fourth-order valence-electron chi connectivity index (χ4n) is 6.85. The van der Waals surface area contributed by atoms with E-state index in [-0.39, 0.29) is 5.91 Å². The Balaban J connectivity index is 0.000000236. The van der Waals surface area contributed by atoms with Crippen molar-refractivity contribution in [2.24, 2.45) is 0 Å². The van der Waals surface area contributed by atoms with Crippen molar-refractivity contribution in [2.75, 3.05) is 50.1 Å². The second-order valence-corrected chi connectivity index (χ2v) is 12.6. The van der Waals surface area contributed by atoms with Crippen LogP contribution in [0.3, 0.4) is 0 Å². The Labute approximate surface area is 262 Å². The summed E-state index contributed by atoms with van der Waals surface area (Å²) in [4.78, 5) is 31.2. The van der Waals surface area contributed by atoms with Crippen LogP contribution in [0.4, 0.5) is 11.4 Å². The smallest absolute Gasteiger partial charge is 0.223 e. The second kappa shape index (κ2) is 17.6. The first kappa shape index (κ1) is 34.8. The molecular weight excluding hydrogens is 532 g/mol. The molecule has 0 radical (unpaired) electrons. The van der Waals surface area contributed by atoms with Gasteiger partial charge in [-0.1, -0.05) is 39.8 Å². The molecule has 2 aliphatic rings. The predicted octanol–water partition coefficient (Wildman–Crippen LogP) is 6.91. The van der Waals surface area contributed by atoms with Crippen LogP contribution in [0, 0.1) is 0 Å². The molecule has 0 bridgehead atoms. The predicted molar refractivity (Wildman–Crippen MR) is 182 cm³/mol. The van der Waals surface area contributed by atoms with Crippen molar-refractivity contribution in [3.63, 3.8) is 0 Å². The molecular formula is C37H58N4O2. The average Bonchev–Trinajstić information content (AvgIpc) is 3.03. The van der Waals surface area contributed by atoms with Crippen LogP contribution in [0.25, 0.3) is 0 Å². The number of hydrogen-bond donors (Lipinski definition) is 0. The molecule has 2 atom stereocenters. The maximum Gasteiger partial charge on any atom is 0.223 e. The van der Waals surface area contributed by atoms with Crippen LogP contribution >= 0.6 is 0 Å². The van der Waals surface area contributed by atoms with Crippen LogP contribution in [-0.2, 0) is 35.3 Å². The fraction of sp³-hybridized carbons (Fsp3) is 0.622. The van der Waals surface area contributed by atoms with Gasteiger partial charge in [0, 0.05) is 44.5 Å². The normalized spacial score (nSPS) is 17.5. The number of carbonyl (C=O) groups is 2. The van der Waals surface area contributed by atoms with E-state index < -0.39 is 0 Å². The van der Waals surface area contributed by atoms with Gasteiger partial charge in [0.2, 0.25) is 12.3 Å². The Hall–Kier alpha value is -2.70. The van der Waals surface area contributed by atoms with E-state index in [4.69, 9.17) is 0 Å². The van der Waals surface area contributed by atoms with Crippen LogP contribution in [0.15, 0.2) is 36.4 Å². The van der Waals surface area contributed by atoms with E-state index in [1.807, 2.05) is 14.1 Å². The number of anilines is 2. The summed E-state index contributed by atoms with van der Waals surface area (Å²) >= 11 is 0. The molecule has 43 heavy (non-hydrogen) atoms. The van der Waals surface area contributed by atoms with E-state index >= 15 is 0 Å². The molecule has 2 aromatic rings. The van der Waals surface area contributed by atoms with Gasteiger partial charge in [0.05, 0.1) is 0 Å². The third-order valence-corrected chi connectivity index (χ3v) is 9.29. The Bertz CT molecular complexity index is 1150. The highest BCUT2D eigenvalue weighted by Crippen LogP contribution is 2.30. The van der Waals surface area contributed by atoms with Crippen LogP contribution in [0.2, 0.25) is 0 Å². The summed E-state index contributed by atoms with van der Waals surface area (Å²) < 4.78 is 0. The molecule has 2 aliphatic carbocycles. The van der Waals surface area contributed by atoms with E-state index in [1.165, 1.54) is 87.0 Å². The molecule has 0 N–H and O–H groups in total. The van der Waals surface area contributed by atoms with Crippen molar-refractivity contribution in [1.82, 2.24) is 9.80 Å². The van der Waals surface area contributed by atoms with Crippen LogP contribution in [0.1, 0.15) is 95.4 Å². The monoisotopic (exact) mass is 590 g/mol. The number of aryl methyl sites for hydroxylation is 2. The highest BCUT2D eigenvalue weighted by Gasteiger charge is 2.25. The fourth-order valence-corrected chi connectivity index (χ4v) is 6.85. The number of carbonyl (C=O) groups excluding carboxylic acids is 2. The molecule has 0 aliphatic heterocycles.